The van der Waals surface area contributed by atoms with E-state index < -0.39 is 0 Å². The van der Waals surface area contributed by atoms with Crippen LogP contribution in [0.4, 0.5) is 5.69 Å². The summed E-state index contributed by atoms with van der Waals surface area (Å²) in [5.41, 5.74) is 0.0956. The van der Waals surface area contributed by atoms with Crippen molar-refractivity contribution in [2.75, 3.05) is 5.32 Å². The second-order valence-corrected chi connectivity index (χ2v) is 3.88. The van der Waals surface area contributed by atoms with E-state index in [1.54, 1.807) is 18.3 Å². The Morgan fingerprint density at radius 1 is 1.40 bits per heavy atom. The van der Waals surface area contributed by atoms with Crippen molar-refractivity contribution in [1.29, 1.82) is 0 Å². The third-order valence-electron chi connectivity index (χ3n) is 2.80. The van der Waals surface area contributed by atoms with E-state index in [4.69, 9.17) is 0 Å². The molecule has 15 heavy (non-hydrogen) atoms. The zero-order chi connectivity index (χ0) is 10.7. The van der Waals surface area contributed by atoms with Crippen molar-refractivity contribution in [3.8, 4) is 0 Å². The van der Waals surface area contributed by atoms with Crippen LogP contribution in [0.25, 0.3) is 0 Å². The number of anilines is 1. The van der Waals surface area contributed by atoms with Gasteiger partial charge in [0.05, 0.1) is 0 Å². The highest BCUT2D eigenvalue weighted by Gasteiger charge is 2.22. The second kappa shape index (κ2) is 4.29. The van der Waals surface area contributed by atoms with Gasteiger partial charge in [0.25, 0.3) is 5.56 Å². The fourth-order valence-corrected chi connectivity index (χ4v) is 1.94. The number of aromatic amines is 1. The number of H-pyrrole nitrogens is 1. The number of aromatic nitrogens is 1. The molecule has 1 heterocycles. The van der Waals surface area contributed by atoms with Gasteiger partial charge in [-0.3, -0.25) is 9.59 Å². The van der Waals surface area contributed by atoms with Crippen LogP contribution < -0.4 is 10.9 Å². The summed E-state index contributed by atoms with van der Waals surface area (Å²) < 4.78 is 0. The Morgan fingerprint density at radius 3 is 2.80 bits per heavy atom. The van der Waals surface area contributed by atoms with Gasteiger partial charge in [0.1, 0.15) is 5.69 Å². The number of carbonyl (C=O) groups is 1. The van der Waals surface area contributed by atoms with Gasteiger partial charge in [-0.05, 0) is 25.0 Å². The van der Waals surface area contributed by atoms with Gasteiger partial charge < -0.3 is 10.3 Å². The zero-order valence-electron chi connectivity index (χ0n) is 8.45. The van der Waals surface area contributed by atoms with E-state index in [-0.39, 0.29) is 17.4 Å². The molecule has 0 atom stereocenters. The average molecular weight is 206 g/mol. The number of hydrogen-bond donors (Lipinski definition) is 2. The minimum Gasteiger partial charge on any atom is -0.327 e. The SMILES string of the molecule is O=C(Nc1ccc[nH]c1=O)C1CCCC1. The van der Waals surface area contributed by atoms with E-state index >= 15 is 0 Å². The first-order valence-electron chi connectivity index (χ1n) is 5.26. The number of amides is 1. The van der Waals surface area contributed by atoms with Crippen molar-refractivity contribution < 1.29 is 4.79 Å². The monoisotopic (exact) mass is 206 g/mol. The molecule has 0 radical (unpaired) electrons. The highest BCUT2D eigenvalue weighted by Crippen LogP contribution is 2.25. The van der Waals surface area contributed by atoms with E-state index in [0.717, 1.165) is 25.7 Å². The molecule has 1 amide bonds. The summed E-state index contributed by atoms with van der Waals surface area (Å²) >= 11 is 0. The predicted octanol–water partition coefficient (Wildman–Crippen LogP) is 1.50. The second-order valence-electron chi connectivity index (χ2n) is 3.88. The normalized spacial score (nSPS) is 16.5. The van der Waals surface area contributed by atoms with Crippen molar-refractivity contribution in [2.24, 2.45) is 5.92 Å². The highest BCUT2D eigenvalue weighted by atomic mass is 16.2. The molecule has 2 rings (SSSR count). The third kappa shape index (κ3) is 2.26. The molecule has 2 N–H and O–H groups in total. The predicted molar refractivity (Wildman–Crippen MR) is 57.7 cm³/mol. The van der Waals surface area contributed by atoms with Crippen molar-refractivity contribution in [1.82, 2.24) is 4.98 Å². The van der Waals surface area contributed by atoms with E-state index in [2.05, 4.69) is 10.3 Å². The molecule has 80 valence electrons. The Morgan fingerprint density at radius 2 is 2.13 bits per heavy atom. The van der Waals surface area contributed by atoms with Crippen molar-refractivity contribution in [3.63, 3.8) is 0 Å². The van der Waals surface area contributed by atoms with Crippen LogP contribution in [-0.4, -0.2) is 10.9 Å². The Hall–Kier alpha value is -1.58. The van der Waals surface area contributed by atoms with Gasteiger partial charge in [0, 0.05) is 12.1 Å². The molecular weight excluding hydrogens is 192 g/mol. The van der Waals surface area contributed by atoms with Crippen molar-refractivity contribution in [3.05, 3.63) is 28.7 Å². The van der Waals surface area contributed by atoms with Gasteiger partial charge in [-0.25, -0.2) is 0 Å². The summed E-state index contributed by atoms with van der Waals surface area (Å²) in [6.07, 6.45) is 5.66. The molecular formula is C11H14N2O2. The van der Waals surface area contributed by atoms with Gasteiger partial charge >= 0.3 is 0 Å². The molecule has 1 fully saturated rings. The van der Waals surface area contributed by atoms with E-state index in [9.17, 15) is 9.59 Å². The Kier molecular flexibility index (Phi) is 2.85. The van der Waals surface area contributed by atoms with Crippen LogP contribution >= 0.6 is 0 Å². The lowest BCUT2D eigenvalue weighted by molar-refractivity contribution is -0.119. The summed E-state index contributed by atoms with van der Waals surface area (Å²) in [4.78, 5) is 25.5. The Balaban J connectivity index is 2.05. The molecule has 0 bridgehead atoms. The van der Waals surface area contributed by atoms with E-state index in [0.29, 0.717) is 5.69 Å². The summed E-state index contributed by atoms with van der Waals surface area (Å²) in [5, 5.41) is 2.67. The molecule has 4 heteroatoms. The quantitative estimate of drug-likeness (QED) is 0.770. The van der Waals surface area contributed by atoms with Gasteiger partial charge in [-0.2, -0.15) is 0 Å². The number of rotatable bonds is 2. The molecule has 1 aliphatic carbocycles. The van der Waals surface area contributed by atoms with Gasteiger partial charge in [-0.1, -0.05) is 12.8 Å². The lowest BCUT2D eigenvalue weighted by atomic mass is 10.1. The average Bonchev–Trinajstić information content (AvgIpc) is 2.74. The number of nitrogens with one attached hydrogen (secondary N) is 2. The van der Waals surface area contributed by atoms with E-state index in [1.165, 1.54) is 0 Å². The van der Waals surface area contributed by atoms with Crippen LogP contribution in [0.2, 0.25) is 0 Å². The van der Waals surface area contributed by atoms with E-state index in [1.807, 2.05) is 0 Å². The van der Waals surface area contributed by atoms with Crippen LogP contribution in [0.1, 0.15) is 25.7 Å². The van der Waals surface area contributed by atoms with Crippen LogP contribution in [-0.2, 0) is 4.79 Å². The minimum atomic E-state index is -0.246. The fraction of sp³-hybridized carbons (Fsp3) is 0.455. The number of hydrogen-bond acceptors (Lipinski definition) is 2. The Bertz CT molecular complexity index is 405. The molecule has 0 aliphatic heterocycles. The summed E-state index contributed by atoms with van der Waals surface area (Å²) in [6, 6.07) is 3.32. The van der Waals surface area contributed by atoms with Crippen LogP contribution in [0.3, 0.4) is 0 Å². The van der Waals surface area contributed by atoms with Crippen LogP contribution in [0, 0.1) is 5.92 Å². The standard InChI is InChI=1S/C11H14N2O2/c14-10(8-4-1-2-5-8)13-9-6-3-7-12-11(9)15/h3,6-8H,1-2,4-5H2,(H,12,15)(H,13,14). The maximum absolute atomic E-state index is 11.7. The first kappa shape index (κ1) is 9.96. The maximum atomic E-state index is 11.7. The molecule has 1 aliphatic rings. The topological polar surface area (TPSA) is 62.0 Å². The molecule has 0 saturated heterocycles. The first-order chi connectivity index (χ1) is 7.27. The fourth-order valence-electron chi connectivity index (χ4n) is 1.94. The smallest absolute Gasteiger partial charge is 0.271 e. The number of carbonyl (C=O) groups excluding carboxylic acids is 1. The summed E-state index contributed by atoms with van der Waals surface area (Å²) in [6.45, 7) is 0. The molecule has 0 spiro atoms. The highest BCUT2D eigenvalue weighted by molar-refractivity contribution is 5.92. The van der Waals surface area contributed by atoms with Crippen LogP contribution in [0.5, 0.6) is 0 Å². The summed E-state index contributed by atoms with van der Waals surface area (Å²) in [7, 11) is 0. The lowest BCUT2D eigenvalue weighted by Crippen LogP contribution is -2.24. The van der Waals surface area contributed by atoms with Gasteiger partial charge in [0.15, 0.2) is 0 Å². The Labute approximate surface area is 87.7 Å². The maximum Gasteiger partial charge on any atom is 0.271 e. The minimum absolute atomic E-state index is 0.0239. The van der Waals surface area contributed by atoms with Gasteiger partial charge in [-0.15, -0.1) is 0 Å². The third-order valence-corrected chi connectivity index (χ3v) is 2.80. The molecule has 0 aromatic carbocycles. The molecule has 0 unspecified atom stereocenters. The number of pyridine rings is 1. The molecule has 1 saturated carbocycles. The lowest BCUT2D eigenvalue weighted by Gasteiger charge is -2.08. The molecule has 1 aromatic rings. The largest absolute Gasteiger partial charge is 0.327 e. The molecule has 4 nitrogen and oxygen atoms in total. The molecule has 1 aromatic heterocycles. The first-order valence-corrected chi connectivity index (χ1v) is 5.26. The van der Waals surface area contributed by atoms with Crippen molar-refractivity contribution in [2.45, 2.75) is 25.7 Å². The zero-order valence-corrected chi connectivity index (χ0v) is 8.45. The van der Waals surface area contributed by atoms with Crippen molar-refractivity contribution >= 4 is 11.6 Å². The van der Waals surface area contributed by atoms with Crippen LogP contribution in [0.15, 0.2) is 23.1 Å². The summed E-state index contributed by atoms with van der Waals surface area (Å²) in [5.74, 6) is 0.0637. The van der Waals surface area contributed by atoms with Gasteiger partial charge in [0.2, 0.25) is 5.91 Å².